The van der Waals surface area contributed by atoms with E-state index >= 15 is 4.79 Å². The molecule has 282 valence electrons. The number of aliphatic imine (C=N–C) groups is 1. The zero-order valence-electron chi connectivity index (χ0n) is 32.0. The second-order valence-electron chi connectivity index (χ2n) is 16.8. The van der Waals surface area contributed by atoms with Gasteiger partial charge in [0, 0.05) is 66.0 Å². The van der Waals surface area contributed by atoms with Crippen LogP contribution in [0.3, 0.4) is 0 Å². The molecule has 2 saturated heterocycles. The molecule has 0 bridgehead atoms. The molecule has 3 aliphatic heterocycles. The van der Waals surface area contributed by atoms with Gasteiger partial charge in [-0.05, 0) is 99.6 Å². The number of piperidine rings is 1. The molecule has 1 aromatic heterocycles. The van der Waals surface area contributed by atoms with E-state index in [4.69, 9.17) is 37.9 Å². The first-order chi connectivity index (χ1) is 25.2. The molecule has 3 aromatic rings. The van der Waals surface area contributed by atoms with Crippen LogP contribution in [0.2, 0.25) is 10.0 Å². The molecule has 7 rings (SSSR count). The van der Waals surface area contributed by atoms with Crippen molar-refractivity contribution in [2.24, 2.45) is 22.7 Å². The third-order valence-corrected chi connectivity index (χ3v) is 13.0. The van der Waals surface area contributed by atoms with Gasteiger partial charge in [-0.25, -0.2) is 4.79 Å². The summed E-state index contributed by atoms with van der Waals surface area (Å²) in [5, 5.41) is 1.23. The lowest BCUT2D eigenvalue weighted by Gasteiger charge is -2.47. The summed E-state index contributed by atoms with van der Waals surface area (Å²) in [5.74, 6) is 3.03. The van der Waals surface area contributed by atoms with Crippen LogP contribution in [0.25, 0.3) is 0 Å². The predicted molar refractivity (Wildman–Crippen MR) is 212 cm³/mol. The van der Waals surface area contributed by atoms with Crippen LogP contribution in [0, 0.1) is 17.8 Å². The third kappa shape index (κ3) is 6.95. The maximum absolute atomic E-state index is 15.3. The van der Waals surface area contributed by atoms with E-state index in [1.54, 1.807) is 0 Å². The number of pyridine rings is 1. The summed E-state index contributed by atoms with van der Waals surface area (Å²) in [6.45, 7) is 15.9. The Bertz CT molecular complexity index is 1860. The number of hydrogen-bond acceptors (Lipinski definition) is 5. The van der Waals surface area contributed by atoms with E-state index in [0.29, 0.717) is 65.1 Å². The number of carbonyl (C=O) groups excluding carboxylic acids is 2. The van der Waals surface area contributed by atoms with E-state index in [2.05, 4.69) is 39.5 Å². The van der Waals surface area contributed by atoms with Gasteiger partial charge in [0.25, 0.3) is 0 Å². The van der Waals surface area contributed by atoms with Gasteiger partial charge in [-0.2, -0.15) is 0 Å². The molecule has 1 saturated carbocycles. The first-order valence-electron chi connectivity index (χ1n) is 19.4. The van der Waals surface area contributed by atoms with E-state index in [0.717, 1.165) is 42.8 Å². The van der Waals surface area contributed by atoms with Crippen LogP contribution in [0.5, 0.6) is 5.75 Å². The fourth-order valence-electron chi connectivity index (χ4n) is 9.14. The minimum Gasteiger partial charge on any atom is -0.493 e. The van der Waals surface area contributed by atoms with Gasteiger partial charge in [0.15, 0.2) is 0 Å². The zero-order chi connectivity index (χ0) is 37.7. The molecule has 2 aromatic carbocycles. The van der Waals surface area contributed by atoms with Crippen LogP contribution in [-0.4, -0.2) is 70.2 Å². The second kappa shape index (κ2) is 14.6. The average molecular weight is 759 g/mol. The zero-order valence-corrected chi connectivity index (χ0v) is 33.5. The molecule has 4 aliphatic rings. The van der Waals surface area contributed by atoms with Gasteiger partial charge in [0.1, 0.15) is 22.7 Å². The molecule has 3 fully saturated rings. The van der Waals surface area contributed by atoms with Gasteiger partial charge < -0.3 is 14.5 Å². The number of urea groups is 1. The number of fused-ring (bicyclic) bond motifs is 1. The number of nitrogens with zero attached hydrogens (tertiary/aromatic N) is 5. The number of ether oxygens (including phenoxy) is 1. The molecular weight excluding hydrogens is 705 g/mol. The second-order valence-corrected chi connectivity index (χ2v) is 17.7. The molecule has 53 heavy (non-hydrogen) atoms. The molecule has 8 nitrogen and oxygen atoms in total. The van der Waals surface area contributed by atoms with Crippen molar-refractivity contribution in [3.63, 3.8) is 0 Å². The number of aromatic nitrogens is 1. The van der Waals surface area contributed by atoms with E-state index in [1.807, 2.05) is 77.5 Å². The summed E-state index contributed by atoms with van der Waals surface area (Å²) in [6.07, 6.45) is 7.73. The Morgan fingerprint density at radius 3 is 2.02 bits per heavy atom. The summed E-state index contributed by atoms with van der Waals surface area (Å²) in [5.41, 5.74) is 1.16. The fraction of sp³-hybridized carbons (Fsp3) is 0.535. The van der Waals surface area contributed by atoms with Gasteiger partial charge in [-0.15, -0.1) is 0 Å². The van der Waals surface area contributed by atoms with Crippen LogP contribution in [-0.2, 0) is 21.3 Å². The Morgan fingerprint density at radius 2 is 1.45 bits per heavy atom. The maximum Gasteiger partial charge on any atom is 0.326 e. The van der Waals surface area contributed by atoms with Crippen molar-refractivity contribution in [1.82, 2.24) is 19.7 Å². The molecule has 10 heteroatoms. The van der Waals surface area contributed by atoms with Gasteiger partial charge in [0.05, 0.1) is 12.2 Å². The van der Waals surface area contributed by atoms with Crippen molar-refractivity contribution >= 4 is 41.0 Å². The fourth-order valence-corrected chi connectivity index (χ4v) is 9.39. The number of benzene rings is 2. The minimum atomic E-state index is -1.01. The number of halogens is 2. The highest BCUT2D eigenvalue weighted by Gasteiger charge is 2.60. The van der Waals surface area contributed by atoms with Crippen LogP contribution in [0.15, 0.2) is 65.8 Å². The van der Waals surface area contributed by atoms with E-state index in [9.17, 15) is 4.79 Å². The van der Waals surface area contributed by atoms with Crippen molar-refractivity contribution in [1.29, 1.82) is 0 Å². The van der Waals surface area contributed by atoms with Crippen molar-refractivity contribution in [2.45, 2.75) is 96.6 Å². The summed E-state index contributed by atoms with van der Waals surface area (Å²) >= 11 is 12.9. The lowest BCUT2D eigenvalue weighted by Crippen LogP contribution is -2.59. The topological polar surface area (TPSA) is 78.3 Å². The Balaban J connectivity index is 1.26. The largest absolute Gasteiger partial charge is 0.493 e. The van der Waals surface area contributed by atoms with Crippen molar-refractivity contribution < 1.29 is 14.3 Å². The number of amides is 3. The van der Waals surface area contributed by atoms with Gasteiger partial charge in [0.2, 0.25) is 5.91 Å². The van der Waals surface area contributed by atoms with Gasteiger partial charge >= 0.3 is 6.03 Å². The third-order valence-electron chi connectivity index (χ3n) is 12.5. The number of rotatable bonds is 7. The minimum absolute atomic E-state index is 0.140. The maximum atomic E-state index is 15.3. The summed E-state index contributed by atoms with van der Waals surface area (Å²) < 4.78 is 6.31. The highest BCUT2D eigenvalue weighted by Crippen LogP contribution is 2.54. The lowest BCUT2D eigenvalue weighted by molar-refractivity contribution is -0.131. The first kappa shape index (κ1) is 37.7. The summed E-state index contributed by atoms with van der Waals surface area (Å²) in [6, 6.07) is 17.3. The summed E-state index contributed by atoms with van der Waals surface area (Å²) in [4.78, 5) is 45.1. The quantitative estimate of drug-likeness (QED) is 0.241. The predicted octanol–water partition coefficient (Wildman–Crippen LogP) is 9.46. The highest BCUT2D eigenvalue weighted by atomic mass is 35.5. The standard InChI is InChI=1S/C43H53Cl2N5O3/c1-7-53-36-24-37(41(2,3)4)46-25-35(36)39-47-42(5,31-11-15-33(44)16-12-31)43(6,32-13-17-34(45)18-14-32)50(39)40(52)48-21-19-28(20-22-48)23-38(51)49-26-29-9-8-10-30(29)27-49/h11-18,24-25,28-30H,7-10,19-23,26-27H2,1-6H3/t29?,30?,42-,43+/m0/s1. The van der Waals surface area contributed by atoms with Crippen molar-refractivity contribution in [2.75, 3.05) is 32.8 Å². The van der Waals surface area contributed by atoms with E-state index in [-0.39, 0.29) is 23.3 Å². The molecule has 4 heterocycles. The number of likely N-dealkylation sites (tertiary alicyclic amines) is 2. The lowest BCUT2D eigenvalue weighted by atomic mass is 9.71. The normalized spacial score (nSPS) is 26.2. The Kier molecular flexibility index (Phi) is 10.3. The smallest absolute Gasteiger partial charge is 0.326 e. The highest BCUT2D eigenvalue weighted by molar-refractivity contribution is 6.30. The summed E-state index contributed by atoms with van der Waals surface area (Å²) in [7, 11) is 0. The number of hydrogen-bond donors (Lipinski definition) is 0. The molecule has 1 aliphatic carbocycles. The Labute approximate surface area is 324 Å². The average Bonchev–Trinajstić information content (AvgIpc) is 3.81. The SMILES string of the molecule is CCOc1cc(C(C)(C)C)ncc1C1=N[C@@](C)(c2ccc(Cl)cc2)[C@@](C)(c2ccc(Cl)cc2)N1C(=O)N1CCC(CC(=O)N2CC3CCCC3C2)CC1. The number of carbonyl (C=O) groups is 2. The molecule has 4 atom stereocenters. The monoisotopic (exact) mass is 757 g/mol. The first-order valence-corrected chi connectivity index (χ1v) is 20.1. The molecular formula is C43H53Cl2N5O3. The molecule has 0 N–H and O–H groups in total. The van der Waals surface area contributed by atoms with Crippen LogP contribution < -0.4 is 4.74 Å². The van der Waals surface area contributed by atoms with Crippen molar-refractivity contribution in [3.05, 3.63) is 93.2 Å². The van der Waals surface area contributed by atoms with Gasteiger partial charge in [-0.1, -0.05) is 74.7 Å². The Morgan fingerprint density at radius 1 is 0.868 bits per heavy atom. The Hall–Kier alpha value is -3.62. The van der Waals surface area contributed by atoms with E-state index < -0.39 is 11.1 Å². The van der Waals surface area contributed by atoms with E-state index in [1.165, 1.54) is 19.3 Å². The molecule has 0 spiro atoms. The number of amidine groups is 1. The molecule has 0 radical (unpaired) electrons. The van der Waals surface area contributed by atoms with Gasteiger partial charge in [-0.3, -0.25) is 19.7 Å². The molecule has 3 amide bonds. The van der Waals surface area contributed by atoms with Crippen LogP contribution in [0.1, 0.15) is 102 Å². The molecule has 2 unspecified atom stereocenters. The van der Waals surface area contributed by atoms with Crippen molar-refractivity contribution in [3.8, 4) is 5.75 Å². The van der Waals surface area contributed by atoms with Crippen LogP contribution >= 0.6 is 23.2 Å². The van der Waals surface area contributed by atoms with Crippen LogP contribution in [0.4, 0.5) is 4.79 Å².